The summed E-state index contributed by atoms with van der Waals surface area (Å²) in [5, 5.41) is 6.09. The zero-order chi connectivity index (χ0) is 18.1. The van der Waals surface area contributed by atoms with Crippen LogP contribution in [0, 0.1) is 20.8 Å². The van der Waals surface area contributed by atoms with Gasteiger partial charge in [-0.05, 0) is 52.8 Å². The lowest BCUT2D eigenvalue weighted by atomic mass is 10.1. The van der Waals surface area contributed by atoms with Gasteiger partial charge in [0.2, 0.25) is 0 Å². The van der Waals surface area contributed by atoms with Crippen molar-refractivity contribution in [1.82, 2.24) is 9.55 Å². The minimum Gasteiger partial charge on any atom is -0.346 e. The van der Waals surface area contributed by atoms with Crippen molar-refractivity contribution in [3.05, 3.63) is 57.7 Å². The first kappa shape index (κ1) is 17.4. The second kappa shape index (κ2) is 6.84. The normalized spacial score (nSPS) is 11.1. The van der Waals surface area contributed by atoms with E-state index in [4.69, 9.17) is 0 Å². The molecule has 0 bridgehead atoms. The molecule has 25 heavy (non-hydrogen) atoms. The van der Waals surface area contributed by atoms with Gasteiger partial charge in [0.25, 0.3) is 5.91 Å². The van der Waals surface area contributed by atoms with E-state index in [9.17, 15) is 4.79 Å². The first-order valence-corrected chi connectivity index (χ1v) is 9.27. The van der Waals surface area contributed by atoms with E-state index in [2.05, 4.69) is 28.7 Å². The highest BCUT2D eigenvalue weighted by Crippen LogP contribution is 2.24. The average molecular weight is 353 g/mol. The molecule has 0 atom stereocenters. The van der Waals surface area contributed by atoms with Crippen molar-refractivity contribution in [2.24, 2.45) is 0 Å². The van der Waals surface area contributed by atoms with Crippen molar-refractivity contribution in [2.75, 3.05) is 5.32 Å². The Kier molecular flexibility index (Phi) is 4.77. The first-order chi connectivity index (χ1) is 11.9. The number of rotatable bonds is 4. The van der Waals surface area contributed by atoms with Gasteiger partial charge < -0.3 is 9.88 Å². The average Bonchev–Trinajstić information content (AvgIpc) is 3.11. The molecule has 5 heteroatoms. The van der Waals surface area contributed by atoms with Crippen LogP contribution in [0.2, 0.25) is 0 Å². The molecular formula is C20H23N3OS. The molecule has 0 unspecified atom stereocenters. The van der Waals surface area contributed by atoms with Crippen molar-refractivity contribution >= 4 is 22.9 Å². The van der Waals surface area contributed by atoms with Crippen LogP contribution >= 0.6 is 11.3 Å². The summed E-state index contributed by atoms with van der Waals surface area (Å²) in [5.74, 6) is -0.0720. The monoisotopic (exact) mass is 353 g/mol. The number of amides is 1. The summed E-state index contributed by atoms with van der Waals surface area (Å²) in [7, 11) is 0. The molecule has 2 aromatic heterocycles. The molecule has 0 radical (unpaired) electrons. The van der Waals surface area contributed by atoms with Crippen LogP contribution in [0.5, 0.6) is 0 Å². The molecular weight excluding hydrogens is 330 g/mol. The maximum atomic E-state index is 12.6. The largest absolute Gasteiger partial charge is 0.346 e. The number of benzene rings is 1. The van der Waals surface area contributed by atoms with Crippen molar-refractivity contribution in [3.63, 3.8) is 0 Å². The van der Waals surface area contributed by atoms with Crippen LogP contribution in [0.15, 0.2) is 35.7 Å². The van der Waals surface area contributed by atoms with E-state index in [0.29, 0.717) is 6.04 Å². The highest BCUT2D eigenvalue weighted by atomic mass is 32.1. The van der Waals surface area contributed by atoms with Gasteiger partial charge in [-0.2, -0.15) is 0 Å². The molecule has 0 aliphatic rings. The fourth-order valence-electron chi connectivity index (χ4n) is 3.22. The van der Waals surface area contributed by atoms with Gasteiger partial charge in [0, 0.05) is 34.1 Å². The molecule has 3 rings (SSSR count). The van der Waals surface area contributed by atoms with Gasteiger partial charge in [0.15, 0.2) is 0 Å². The number of carbonyl (C=O) groups is 1. The molecule has 0 aliphatic carbocycles. The van der Waals surface area contributed by atoms with Gasteiger partial charge in [0.05, 0.1) is 16.3 Å². The SMILES string of the molecule is Cc1nc(-c2ccc(NC(=O)c3cc(C)n(C(C)C)c3C)cc2)cs1. The number of aromatic nitrogens is 2. The summed E-state index contributed by atoms with van der Waals surface area (Å²) >= 11 is 1.64. The number of nitrogens with zero attached hydrogens (tertiary/aromatic N) is 2. The van der Waals surface area contributed by atoms with Crippen LogP contribution in [-0.2, 0) is 0 Å². The van der Waals surface area contributed by atoms with Crippen LogP contribution < -0.4 is 5.32 Å². The van der Waals surface area contributed by atoms with E-state index >= 15 is 0 Å². The van der Waals surface area contributed by atoms with E-state index in [1.807, 2.05) is 56.5 Å². The predicted octanol–water partition coefficient (Wildman–Crippen LogP) is 5.37. The Balaban J connectivity index is 1.79. The Labute approximate surface area is 152 Å². The summed E-state index contributed by atoms with van der Waals surface area (Å²) in [6.07, 6.45) is 0. The van der Waals surface area contributed by atoms with E-state index in [-0.39, 0.29) is 5.91 Å². The minimum atomic E-state index is -0.0720. The Morgan fingerprint density at radius 2 is 1.84 bits per heavy atom. The summed E-state index contributed by atoms with van der Waals surface area (Å²) in [4.78, 5) is 17.1. The second-order valence-electron chi connectivity index (χ2n) is 6.53. The molecule has 130 valence electrons. The maximum Gasteiger partial charge on any atom is 0.257 e. The third kappa shape index (κ3) is 3.51. The summed E-state index contributed by atoms with van der Waals surface area (Å²) in [6, 6.07) is 10.1. The number of nitrogens with one attached hydrogen (secondary N) is 1. The Bertz CT molecular complexity index is 904. The Hall–Kier alpha value is -2.40. The van der Waals surface area contributed by atoms with E-state index in [1.165, 1.54) is 0 Å². The molecule has 1 N–H and O–H groups in total. The molecule has 2 heterocycles. The molecule has 0 spiro atoms. The second-order valence-corrected chi connectivity index (χ2v) is 7.59. The highest BCUT2D eigenvalue weighted by Gasteiger charge is 2.17. The number of aryl methyl sites for hydroxylation is 2. The van der Waals surface area contributed by atoms with Gasteiger partial charge in [-0.25, -0.2) is 4.98 Å². The van der Waals surface area contributed by atoms with Gasteiger partial charge >= 0.3 is 0 Å². The lowest BCUT2D eigenvalue weighted by Gasteiger charge is -2.13. The molecule has 0 fully saturated rings. The van der Waals surface area contributed by atoms with Crippen LogP contribution in [0.4, 0.5) is 5.69 Å². The lowest BCUT2D eigenvalue weighted by molar-refractivity contribution is 0.102. The summed E-state index contributed by atoms with van der Waals surface area (Å²) < 4.78 is 2.18. The maximum absolute atomic E-state index is 12.6. The molecule has 0 saturated heterocycles. The molecule has 0 aliphatic heterocycles. The lowest BCUT2D eigenvalue weighted by Crippen LogP contribution is -2.13. The minimum absolute atomic E-state index is 0.0720. The van der Waals surface area contributed by atoms with E-state index in [1.54, 1.807) is 11.3 Å². The number of hydrogen-bond donors (Lipinski definition) is 1. The third-order valence-electron chi connectivity index (χ3n) is 4.30. The fraction of sp³-hybridized carbons (Fsp3) is 0.300. The van der Waals surface area contributed by atoms with Gasteiger partial charge in [0.1, 0.15) is 0 Å². The highest BCUT2D eigenvalue weighted by molar-refractivity contribution is 7.09. The van der Waals surface area contributed by atoms with Crippen molar-refractivity contribution in [2.45, 2.75) is 40.7 Å². The van der Waals surface area contributed by atoms with Gasteiger partial charge in [-0.15, -0.1) is 11.3 Å². The quantitative estimate of drug-likeness (QED) is 0.685. The van der Waals surface area contributed by atoms with E-state index in [0.717, 1.165) is 38.9 Å². The van der Waals surface area contributed by atoms with Crippen LogP contribution in [0.25, 0.3) is 11.3 Å². The summed E-state index contributed by atoms with van der Waals surface area (Å²) in [6.45, 7) is 10.3. The van der Waals surface area contributed by atoms with Crippen LogP contribution in [0.3, 0.4) is 0 Å². The number of hydrogen-bond acceptors (Lipinski definition) is 3. The van der Waals surface area contributed by atoms with Crippen molar-refractivity contribution < 1.29 is 4.79 Å². The molecule has 1 amide bonds. The zero-order valence-corrected chi connectivity index (χ0v) is 16.1. The molecule has 3 aromatic rings. The third-order valence-corrected chi connectivity index (χ3v) is 5.08. The number of anilines is 1. The smallest absolute Gasteiger partial charge is 0.257 e. The van der Waals surface area contributed by atoms with E-state index < -0.39 is 0 Å². The molecule has 4 nitrogen and oxygen atoms in total. The van der Waals surface area contributed by atoms with Crippen molar-refractivity contribution in [3.8, 4) is 11.3 Å². The first-order valence-electron chi connectivity index (χ1n) is 8.39. The topological polar surface area (TPSA) is 46.9 Å². The number of carbonyl (C=O) groups excluding carboxylic acids is 1. The zero-order valence-electron chi connectivity index (χ0n) is 15.3. The fourth-order valence-corrected chi connectivity index (χ4v) is 3.84. The molecule has 0 saturated carbocycles. The Morgan fingerprint density at radius 3 is 2.36 bits per heavy atom. The standard InChI is InChI=1S/C20H23N3OS/c1-12(2)23-13(3)10-18(14(23)4)20(24)22-17-8-6-16(7-9-17)19-11-25-15(5)21-19/h6-12H,1-5H3,(H,22,24). The van der Waals surface area contributed by atoms with Crippen LogP contribution in [-0.4, -0.2) is 15.5 Å². The number of thiazole rings is 1. The predicted molar refractivity (Wildman–Crippen MR) is 105 cm³/mol. The Morgan fingerprint density at radius 1 is 1.16 bits per heavy atom. The van der Waals surface area contributed by atoms with Crippen LogP contribution in [0.1, 0.15) is 46.6 Å². The molecule has 1 aromatic carbocycles. The van der Waals surface area contributed by atoms with Gasteiger partial charge in [-0.1, -0.05) is 12.1 Å². The van der Waals surface area contributed by atoms with Gasteiger partial charge in [-0.3, -0.25) is 4.79 Å². The summed E-state index contributed by atoms with van der Waals surface area (Å²) in [5.41, 5.74) is 5.65. The van der Waals surface area contributed by atoms with Crippen molar-refractivity contribution in [1.29, 1.82) is 0 Å².